The Bertz CT molecular complexity index is 802. The molecule has 1 fully saturated rings. The molecule has 1 unspecified atom stereocenters. The SMILES string of the molecule is Cn1ncc(Cl)c1S(=O)(=O)N1CCNCC1c1ccccc1Cl. The van der Waals surface area contributed by atoms with Gasteiger partial charge < -0.3 is 5.32 Å². The molecule has 9 heteroatoms. The number of aryl methyl sites for hydroxylation is 1. The van der Waals surface area contributed by atoms with Gasteiger partial charge in [-0.1, -0.05) is 41.4 Å². The summed E-state index contributed by atoms with van der Waals surface area (Å²) in [4.78, 5) is 0. The van der Waals surface area contributed by atoms with Crippen molar-refractivity contribution >= 4 is 33.2 Å². The lowest BCUT2D eigenvalue weighted by molar-refractivity contribution is 0.270. The summed E-state index contributed by atoms with van der Waals surface area (Å²) in [6.07, 6.45) is 1.33. The molecule has 0 saturated carbocycles. The Kier molecular flexibility index (Phi) is 4.66. The molecule has 1 aromatic carbocycles. The van der Waals surface area contributed by atoms with Crippen molar-refractivity contribution in [2.75, 3.05) is 19.6 Å². The zero-order valence-electron chi connectivity index (χ0n) is 12.4. The van der Waals surface area contributed by atoms with Crippen molar-refractivity contribution in [2.45, 2.75) is 11.1 Å². The topological polar surface area (TPSA) is 67.2 Å². The number of sulfonamides is 1. The maximum atomic E-state index is 13.1. The first-order valence-electron chi connectivity index (χ1n) is 7.07. The minimum Gasteiger partial charge on any atom is -0.313 e. The van der Waals surface area contributed by atoms with E-state index in [1.807, 2.05) is 18.2 Å². The number of rotatable bonds is 3. The molecule has 0 bridgehead atoms. The molecule has 1 aliphatic heterocycles. The summed E-state index contributed by atoms with van der Waals surface area (Å²) >= 11 is 12.3. The zero-order chi connectivity index (χ0) is 16.6. The van der Waals surface area contributed by atoms with Gasteiger partial charge in [-0.2, -0.15) is 9.40 Å². The third-order valence-electron chi connectivity index (χ3n) is 3.85. The van der Waals surface area contributed by atoms with E-state index < -0.39 is 16.1 Å². The number of aromatic nitrogens is 2. The minimum absolute atomic E-state index is 0.00174. The van der Waals surface area contributed by atoms with Crippen LogP contribution in [0.3, 0.4) is 0 Å². The quantitative estimate of drug-likeness (QED) is 0.892. The molecule has 2 aromatic rings. The van der Waals surface area contributed by atoms with Crippen LogP contribution in [-0.2, 0) is 17.1 Å². The second-order valence-electron chi connectivity index (χ2n) is 5.28. The standard InChI is InChI=1S/C14H16Cl2N4O2S/c1-19-14(12(16)8-18-19)23(21,22)20-7-6-17-9-13(20)10-4-2-3-5-11(10)15/h2-5,8,13,17H,6-7,9H2,1H3. The fraction of sp³-hybridized carbons (Fsp3) is 0.357. The molecule has 1 atom stereocenters. The molecule has 1 saturated heterocycles. The van der Waals surface area contributed by atoms with Crippen LogP contribution in [0.2, 0.25) is 10.0 Å². The number of hydrogen-bond donors (Lipinski definition) is 1. The first kappa shape index (κ1) is 16.7. The van der Waals surface area contributed by atoms with Crippen LogP contribution < -0.4 is 5.32 Å². The van der Waals surface area contributed by atoms with E-state index in [1.54, 1.807) is 13.1 Å². The fourth-order valence-corrected chi connectivity index (χ4v) is 5.26. The highest BCUT2D eigenvalue weighted by Crippen LogP contribution is 2.34. The van der Waals surface area contributed by atoms with Gasteiger partial charge in [0.05, 0.1) is 17.3 Å². The lowest BCUT2D eigenvalue weighted by Crippen LogP contribution is -2.49. The Balaban J connectivity index is 2.07. The Labute approximate surface area is 145 Å². The van der Waals surface area contributed by atoms with Crippen LogP contribution in [0, 0.1) is 0 Å². The molecule has 1 aromatic heterocycles. The van der Waals surface area contributed by atoms with E-state index in [-0.39, 0.29) is 10.0 Å². The van der Waals surface area contributed by atoms with E-state index in [1.165, 1.54) is 15.2 Å². The Morgan fingerprint density at radius 2 is 2.00 bits per heavy atom. The third-order valence-corrected chi connectivity index (χ3v) is 6.61. The second kappa shape index (κ2) is 6.41. The van der Waals surface area contributed by atoms with Gasteiger partial charge >= 0.3 is 0 Å². The first-order valence-corrected chi connectivity index (χ1v) is 9.27. The summed E-state index contributed by atoms with van der Waals surface area (Å²) in [5.41, 5.74) is 0.767. The van der Waals surface area contributed by atoms with E-state index in [0.29, 0.717) is 24.7 Å². The fourth-order valence-electron chi connectivity index (χ4n) is 2.78. The van der Waals surface area contributed by atoms with Crippen molar-refractivity contribution in [1.82, 2.24) is 19.4 Å². The molecule has 6 nitrogen and oxygen atoms in total. The van der Waals surface area contributed by atoms with Crippen LogP contribution >= 0.6 is 23.2 Å². The van der Waals surface area contributed by atoms with Crippen LogP contribution in [0.25, 0.3) is 0 Å². The Morgan fingerprint density at radius 3 is 2.65 bits per heavy atom. The molecule has 2 heterocycles. The van der Waals surface area contributed by atoms with Crippen molar-refractivity contribution in [3.05, 3.63) is 46.1 Å². The summed E-state index contributed by atoms with van der Waals surface area (Å²) in [6, 6.07) is 6.87. The molecular weight excluding hydrogens is 359 g/mol. The summed E-state index contributed by atoms with van der Waals surface area (Å²) < 4.78 is 28.9. The highest BCUT2D eigenvalue weighted by molar-refractivity contribution is 7.89. The van der Waals surface area contributed by atoms with Crippen LogP contribution in [0.5, 0.6) is 0 Å². The van der Waals surface area contributed by atoms with Gasteiger partial charge in [-0.3, -0.25) is 4.68 Å². The lowest BCUT2D eigenvalue weighted by Gasteiger charge is -2.35. The molecule has 1 aliphatic rings. The first-order chi connectivity index (χ1) is 10.9. The average molecular weight is 375 g/mol. The third kappa shape index (κ3) is 2.99. The Hall–Kier alpha value is -1.12. The van der Waals surface area contributed by atoms with E-state index >= 15 is 0 Å². The number of nitrogens with one attached hydrogen (secondary N) is 1. The number of piperazine rings is 1. The largest absolute Gasteiger partial charge is 0.313 e. The maximum absolute atomic E-state index is 13.1. The van der Waals surface area contributed by atoms with Crippen LogP contribution in [0.4, 0.5) is 0 Å². The van der Waals surface area contributed by atoms with Crippen LogP contribution in [-0.4, -0.2) is 42.1 Å². The lowest BCUT2D eigenvalue weighted by atomic mass is 10.1. The monoisotopic (exact) mass is 374 g/mol. The zero-order valence-corrected chi connectivity index (χ0v) is 14.7. The van der Waals surface area contributed by atoms with Gasteiger partial charge in [0, 0.05) is 31.7 Å². The number of hydrogen-bond acceptors (Lipinski definition) is 4. The molecule has 0 amide bonds. The van der Waals surface area contributed by atoms with Gasteiger partial charge in [-0.05, 0) is 11.6 Å². The summed E-state index contributed by atoms with van der Waals surface area (Å²) in [5.74, 6) is 0. The minimum atomic E-state index is -3.79. The normalized spacial score (nSPS) is 19.9. The summed E-state index contributed by atoms with van der Waals surface area (Å²) in [5, 5.41) is 7.80. The number of benzene rings is 1. The molecule has 0 radical (unpaired) electrons. The van der Waals surface area contributed by atoms with Crippen molar-refractivity contribution in [3.63, 3.8) is 0 Å². The molecule has 124 valence electrons. The molecule has 23 heavy (non-hydrogen) atoms. The van der Waals surface area contributed by atoms with E-state index in [4.69, 9.17) is 23.2 Å². The molecule has 0 spiro atoms. The van der Waals surface area contributed by atoms with Crippen molar-refractivity contribution in [2.24, 2.45) is 7.05 Å². The molecular formula is C14H16Cl2N4O2S. The van der Waals surface area contributed by atoms with Crippen LogP contribution in [0.1, 0.15) is 11.6 Å². The second-order valence-corrected chi connectivity index (χ2v) is 7.90. The Morgan fingerprint density at radius 1 is 1.26 bits per heavy atom. The van der Waals surface area contributed by atoms with Gasteiger partial charge in [0.25, 0.3) is 10.0 Å². The molecule has 3 rings (SSSR count). The van der Waals surface area contributed by atoms with E-state index in [2.05, 4.69) is 10.4 Å². The van der Waals surface area contributed by atoms with Gasteiger partial charge in [-0.15, -0.1) is 0 Å². The van der Waals surface area contributed by atoms with Gasteiger partial charge in [-0.25, -0.2) is 8.42 Å². The highest BCUT2D eigenvalue weighted by atomic mass is 35.5. The van der Waals surface area contributed by atoms with Gasteiger partial charge in [0.2, 0.25) is 0 Å². The summed E-state index contributed by atoms with van der Waals surface area (Å²) in [7, 11) is -2.23. The highest BCUT2D eigenvalue weighted by Gasteiger charge is 2.38. The van der Waals surface area contributed by atoms with Gasteiger partial charge in [0.1, 0.15) is 0 Å². The molecule has 1 N–H and O–H groups in total. The predicted octanol–water partition coefficient (Wildman–Crippen LogP) is 2.06. The predicted molar refractivity (Wildman–Crippen MR) is 89.2 cm³/mol. The average Bonchev–Trinajstić information content (AvgIpc) is 2.87. The van der Waals surface area contributed by atoms with E-state index in [9.17, 15) is 8.42 Å². The number of nitrogens with zero attached hydrogens (tertiary/aromatic N) is 3. The van der Waals surface area contributed by atoms with E-state index in [0.717, 1.165) is 5.56 Å². The summed E-state index contributed by atoms with van der Waals surface area (Å²) in [6.45, 7) is 1.38. The van der Waals surface area contributed by atoms with Crippen molar-refractivity contribution < 1.29 is 8.42 Å². The van der Waals surface area contributed by atoms with Gasteiger partial charge in [0.15, 0.2) is 5.03 Å². The number of halogens is 2. The van der Waals surface area contributed by atoms with Crippen molar-refractivity contribution in [1.29, 1.82) is 0 Å². The van der Waals surface area contributed by atoms with Crippen LogP contribution in [0.15, 0.2) is 35.5 Å². The maximum Gasteiger partial charge on any atom is 0.262 e. The smallest absolute Gasteiger partial charge is 0.262 e. The molecule has 0 aliphatic carbocycles. The van der Waals surface area contributed by atoms with Crippen molar-refractivity contribution in [3.8, 4) is 0 Å².